The molecule has 0 bridgehead atoms. The van der Waals surface area contributed by atoms with Crippen LogP contribution in [0.5, 0.6) is 0 Å². The third kappa shape index (κ3) is 3.37. The van der Waals surface area contributed by atoms with Crippen LogP contribution in [0.15, 0.2) is 53.3 Å². The number of anilines is 1. The summed E-state index contributed by atoms with van der Waals surface area (Å²) in [7, 11) is 0. The fourth-order valence-corrected chi connectivity index (χ4v) is 3.33. The molecule has 122 valence electrons. The summed E-state index contributed by atoms with van der Waals surface area (Å²) in [5.74, 6) is 0.00623. The van der Waals surface area contributed by atoms with Crippen LogP contribution in [0.1, 0.15) is 16.6 Å². The minimum atomic E-state index is -0.354. The summed E-state index contributed by atoms with van der Waals surface area (Å²) >= 11 is 4.50. The van der Waals surface area contributed by atoms with Crippen LogP contribution in [-0.4, -0.2) is 22.4 Å². The Morgan fingerprint density at radius 1 is 1.21 bits per heavy atom. The Kier molecular flexibility index (Phi) is 5.01. The van der Waals surface area contributed by atoms with E-state index < -0.39 is 0 Å². The number of aromatic nitrogens is 2. The Bertz CT molecular complexity index is 866. The number of pyridine rings is 1. The lowest BCUT2D eigenvalue weighted by molar-refractivity contribution is 0.0991. The zero-order chi connectivity index (χ0) is 17.1. The number of hydrogen-bond donors (Lipinski definition) is 0. The molecule has 3 aromatic rings. The lowest BCUT2D eigenvalue weighted by Crippen LogP contribution is -2.30. The summed E-state index contributed by atoms with van der Waals surface area (Å²) < 4.78 is 14.7. The average molecular weight is 406 g/mol. The largest absolute Gasteiger partial charge is 0.292 e. The van der Waals surface area contributed by atoms with Crippen molar-refractivity contribution in [1.29, 1.82) is 0 Å². The number of benzene rings is 1. The maximum Gasteiger partial charge on any atom is 0.271 e. The lowest BCUT2D eigenvalue weighted by atomic mass is 10.2. The summed E-state index contributed by atoms with van der Waals surface area (Å²) in [4.78, 5) is 23.2. The molecule has 7 heteroatoms. The Balaban J connectivity index is 1.90. The molecule has 2 heterocycles. The van der Waals surface area contributed by atoms with Gasteiger partial charge in [-0.1, -0.05) is 12.1 Å². The van der Waals surface area contributed by atoms with E-state index >= 15 is 0 Å². The smallest absolute Gasteiger partial charge is 0.271 e. The predicted molar refractivity (Wildman–Crippen MR) is 96.8 cm³/mol. The summed E-state index contributed by atoms with van der Waals surface area (Å²) in [5.41, 5.74) is 0.395. The van der Waals surface area contributed by atoms with Crippen LogP contribution in [0.3, 0.4) is 0 Å². The van der Waals surface area contributed by atoms with Crippen molar-refractivity contribution in [3.63, 3.8) is 0 Å². The second-order valence-electron chi connectivity index (χ2n) is 4.89. The van der Waals surface area contributed by atoms with Crippen LogP contribution in [0, 0.1) is 5.82 Å². The zero-order valence-corrected chi connectivity index (χ0v) is 15.1. The van der Waals surface area contributed by atoms with Crippen molar-refractivity contribution in [2.45, 2.75) is 6.92 Å². The van der Waals surface area contributed by atoms with Gasteiger partial charge in [0.1, 0.15) is 21.5 Å². The summed E-state index contributed by atoms with van der Waals surface area (Å²) in [6.07, 6.45) is 3.12. The van der Waals surface area contributed by atoms with E-state index in [0.717, 1.165) is 4.47 Å². The molecule has 0 spiro atoms. The Morgan fingerprint density at radius 3 is 2.67 bits per heavy atom. The van der Waals surface area contributed by atoms with Crippen molar-refractivity contribution in [3.05, 3.63) is 64.0 Å². The lowest BCUT2D eigenvalue weighted by Gasteiger charge is -2.18. The molecule has 3 rings (SSSR count). The molecule has 0 aliphatic rings. The Morgan fingerprint density at radius 2 is 2.00 bits per heavy atom. The van der Waals surface area contributed by atoms with Crippen molar-refractivity contribution >= 4 is 39.0 Å². The maximum absolute atomic E-state index is 13.9. The van der Waals surface area contributed by atoms with E-state index in [1.54, 1.807) is 35.4 Å². The molecule has 0 saturated heterocycles. The van der Waals surface area contributed by atoms with E-state index in [2.05, 4.69) is 25.9 Å². The summed E-state index contributed by atoms with van der Waals surface area (Å²) in [6.45, 7) is 2.35. The highest BCUT2D eigenvalue weighted by atomic mass is 79.9. The van der Waals surface area contributed by atoms with Crippen molar-refractivity contribution in [2.24, 2.45) is 0 Å². The van der Waals surface area contributed by atoms with E-state index in [0.29, 0.717) is 27.8 Å². The van der Waals surface area contributed by atoms with Crippen molar-refractivity contribution in [2.75, 3.05) is 11.4 Å². The van der Waals surface area contributed by atoms with Gasteiger partial charge in [0.25, 0.3) is 5.91 Å². The molecule has 0 unspecified atom stereocenters. The van der Waals surface area contributed by atoms with Crippen LogP contribution in [-0.2, 0) is 0 Å². The first kappa shape index (κ1) is 16.7. The van der Waals surface area contributed by atoms with Crippen LogP contribution >= 0.6 is 27.3 Å². The molecule has 0 aliphatic heterocycles. The number of thiazole rings is 1. The first-order valence-electron chi connectivity index (χ1n) is 7.24. The fourth-order valence-electron chi connectivity index (χ4n) is 2.20. The van der Waals surface area contributed by atoms with Crippen LogP contribution in [0.4, 0.5) is 10.2 Å². The average Bonchev–Trinajstić information content (AvgIpc) is 3.07. The first-order chi connectivity index (χ1) is 11.6. The minimum Gasteiger partial charge on any atom is -0.292 e. The van der Waals surface area contributed by atoms with Gasteiger partial charge in [0, 0.05) is 22.8 Å². The highest BCUT2D eigenvalue weighted by Gasteiger charge is 2.20. The quantitative estimate of drug-likeness (QED) is 0.627. The normalized spacial score (nSPS) is 10.6. The number of halogens is 2. The van der Waals surface area contributed by atoms with E-state index in [4.69, 9.17) is 0 Å². The summed E-state index contributed by atoms with van der Waals surface area (Å²) in [6, 6.07) is 9.99. The number of hydrogen-bond acceptors (Lipinski definition) is 4. The van der Waals surface area contributed by atoms with Crippen molar-refractivity contribution in [3.8, 4) is 10.6 Å². The highest BCUT2D eigenvalue weighted by Crippen LogP contribution is 2.28. The van der Waals surface area contributed by atoms with Gasteiger partial charge in [-0.15, -0.1) is 11.3 Å². The Labute approximate surface area is 151 Å². The molecule has 2 aromatic heterocycles. The predicted octanol–water partition coefficient (Wildman–Crippen LogP) is 4.77. The summed E-state index contributed by atoms with van der Waals surface area (Å²) in [5, 5.41) is 0.483. The highest BCUT2D eigenvalue weighted by molar-refractivity contribution is 9.10. The van der Waals surface area contributed by atoms with Gasteiger partial charge < -0.3 is 0 Å². The van der Waals surface area contributed by atoms with E-state index in [1.807, 2.05) is 13.0 Å². The number of carbonyl (C=O) groups is 1. The van der Waals surface area contributed by atoms with E-state index in [9.17, 15) is 9.18 Å². The molecular weight excluding hydrogens is 393 g/mol. The molecular formula is C17H13BrFN3OS. The molecule has 4 nitrogen and oxygen atoms in total. The standard InChI is InChI=1S/C17H13BrFN3OS/c1-2-22(15-8-7-11(18)9-20-15)17(23)14-10-21-16(24-14)12-5-3-4-6-13(12)19/h3-10H,2H2,1H3. The fraction of sp³-hybridized carbons (Fsp3) is 0.118. The van der Waals surface area contributed by atoms with Gasteiger partial charge in [-0.3, -0.25) is 9.69 Å². The van der Waals surface area contributed by atoms with Crippen LogP contribution in [0.25, 0.3) is 10.6 Å². The van der Waals surface area contributed by atoms with Crippen molar-refractivity contribution in [1.82, 2.24) is 9.97 Å². The van der Waals surface area contributed by atoms with Crippen molar-refractivity contribution < 1.29 is 9.18 Å². The molecule has 0 fully saturated rings. The minimum absolute atomic E-state index is 0.201. The molecule has 1 aromatic carbocycles. The topological polar surface area (TPSA) is 46.1 Å². The van der Waals surface area contributed by atoms with Gasteiger partial charge >= 0.3 is 0 Å². The third-order valence-corrected chi connectivity index (χ3v) is 4.86. The molecule has 1 amide bonds. The Hall–Kier alpha value is -2.12. The molecule has 0 saturated carbocycles. The zero-order valence-electron chi connectivity index (χ0n) is 12.7. The van der Waals surface area contributed by atoms with E-state index in [-0.39, 0.29) is 11.7 Å². The van der Waals surface area contributed by atoms with Crippen LogP contribution in [0.2, 0.25) is 0 Å². The SMILES string of the molecule is CCN(C(=O)c1cnc(-c2ccccc2F)s1)c1ccc(Br)cn1. The van der Waals surface area contributed by atoms with Gasteiger partial charge in [0.05, 0.1) is 6.20 Å². The molecule has 0 N–H and O–H groups in total. The van der Waals surface area contributed by atoms with Gasteiger partial charge in [-0.2, -0.15) is 0 Å². The van der Waals surface area contributed by atoms with E-state index in [1.165, 1.54) is 23.6 Å². The van der Waals surface area contributed by atoms with Gasteiger partial charge in [-0.25, -0.2) is 14.4 Å². The first-order valence-corrected chi connectivity index (χ1v) is 8.85. The second-order valence-corrected chi connectivity index (χ2v) is 6.84. The third-order valence-electron chi connectivity index (χ3n) is 3.37. The number of rotatable bonds is 4. The molecule has 24 heavy (non-hydrogen) atoms. The molecule has 0 atom stereocenters. The molecule has 0 radical (unpaired) electrons. The van der Waals surface area contributed by atoms with Gasteiger partial charge in [-0.05, 0) is 47.1 Å². The number of amides is 1. The van der Waals surface area contributed by atoms with Crippen LogP contribution < -0.4 is 4.90 Å². The number of nitrogens with zero attached hydrogens (tertiary/aromatic N) is 3. The molecule has 0 aliphatic carbocycles. The monoisotopic (exact) mass is 405 g/mol. The number of carbonyl (C=O) groups excluding carboxylic acids is 1. The maximum atomic E-state index is 13.9. The second kappa shape index (κ2) is 7.19. The van der Waals surface area contributed by atoms with Gasteiger partial charge in [0.15, 0.2) is 0 Å². The van der Waals surface area contributed by atoms with Gasteiger partial charge in [0.2, 0.25) is 0 Å².